The predicted octanol–water partition coefficient (Wildman–Crippen LogP) is 2.03. The van der Waals surface area contributed by atoms with E-state index in [1.165, 1.54) is 0 Å². The van der Waals surface area contributed by atoms with Gasteiger partial charge in [0.15, 0.2) is 0 Å². The second-order valence-corrected chi connectivity index (χ2v) is 6.03. The molecule has 0 aliphatic heterocycles. The van der Waals surface area contributed by atoms with Crippen LogP contribution in [0.2, 0.25) is 0 Å². The molecule has 1 unspecified atom stereocenters. The van der Waals surface area contributed by atoms with Crippen molar-refractivity contribution in [2.45, 2.75) is 51.6 Å². The molecule has 0 radical (unpaired) electrons. The summed E-state index contributed by atoms with van der Waals surface area (Å²) in [6.45, 7) is 10.6. The molecule has 0 heterocycles. The van der Waals surface area contributed by atoms with Crippen LogP contribution in [0, 0.1) is 11.3 Å². The molecule has 0 bridgehead atoms. The third-order valence-corrected chi connectivity index (χ3v) is 3.44. The summed E-state index contributed by atoms with van der Waals surface area (Å²) >= 11 is 0. The van der Waals surface area contributed by atoms with E-state index >= 15 is 0 Å². The molecule has 0 amide bonds. The second kappa shape index (κ2) is 11.9. The summed E-state index contributed by atoms with van der Waals surface area (Å²) in [5.41, 5.74) is -0.437. The fourth-order valence-corrected chi connectivity index (χ4v) is 2.44. The fraction of sp³-hybridized carbons (Fsp3) is 0.938. The van der Waals surface area contributed by atoms with Crippen molar-refractivity contribution in [1.82, 2.24) is 10.2 Å². The van der Waals surface area contributed by atoms with Crippen LogP contribution in [0.25, 0.3) is 0 Å². The lowest BCUT2D eigenvalue weighted by molar-refractivity contribution is 0.130. The van der Waals surface area contributed by atoms with Crippen molar-refractivity contribution in [3.63, 3.8) is 0 Å². The standard InChI is InChI=1S/C16H33N3O2/c1-15(2)18-16(3,14-17)8-6-9-19(11-13-21-5)10-7-12-20-4/h15,18H,6-13H2,1-5H3. The Morgan fingerprint density at radius 3 is 2.24 bits per heavy atom. The molecule has 0 saturated heterocycles. The van der Waals surface area contributed by atoms with Gasteiger partial charge in [0.1, 0.15) is 5.54 Å². The van der Waals surface area contributed by atoms with Crippen molar-refractivity contribution in [2.75, 3.05) is 47.1 Å². The third kappa shape index (κ3) is 10.7. The highest BCUT2D eigenvalue weighted by atomic mass is 16.5. The summed E-state index contributed by atoms with van der Waals surface area (Å²) in [5, 5.41) is 12.7. The van der Waals surface area contributed by atoms with E-state index in [9.17, 15) is 5.26 Å². The summed E-state index contributed by atoms with van der Waals surface area (Å²) in [4.78, 5) is 2.38. The molecule has 0 aromatic heterocycles. The number of rotatable bonds is 13. The molecule has 5 heteroatoms. The van der Waals surface area contributed by atoms with Gasteiger partial charge in [-0.05, 0) is 46.6 Å². The number of hydrogen-bond donors (Lipinski definition) is 1. The van der Waals surface area contributed by atoms with Crippen molar-refractivity contribution < 1.29 is 9.47 Å². The Morgan fingerprint density at radius 2 is 1.71 bits per heavy atom. The van der Waals surface area contributed by atoms with E-state index in [1.807, 2.05) is 6.92 Å². The second-order valence-electron chi connectivity index (χ2n) is 6.03. The maximum Gasteiger partial charge on any atom is 0.104 e. The van der Waals surface area contributed by atoms with Gasteiger partial charge >= 0.3 is 0 Å². The van der Waals surface area contributed by atoms with Crippen molar-refractivity contribution >= 4 is 0 Å². The van der Waals surface area contributed by atoms with E-state index < -0.39 is 5.54 Å². The molecule has 1 atom stereocenters. The van der Waals surface area contributed by atoms with Gasteiger partial charge in [-0.25, -0.2) is 0 Å². The Hall–Kier alpha value is -0.670. The van der Waals surface area contributed by atoms with Gasteiger partial charge in [-0.1, -0.05) is 0 Å². The first-order valence-electron chi connectivity index (χ1n) is 7.86. The van der Waals surface area contributed by atoms with Crippen LogP contribution in [-0.2, 0) is 9.47 Å². The van der Waals surface area contributed by atoms with E-state index in [1.54, 1.807) is 14.2 Å². The van der Waals surface area contributed by atoms with Crippen LogP contribution in [0.5, 0.6) is 0 Å². The van der Waals surface area contributed by atoms with E-state index in [0.717, 1.165) is 52.1 Å². The first-order valence-corrected chi connectivity index (χ1v) is 7.86. The highest BCUT2D eigenvalue weighted by Gasteiger charge is 2.23. The monoisotopic (exact) mass is 299 g/mol. The zero-order valence-electron chi connectivity index (χ0n) is 14.4. The summed E-state index contributed by atoms with van der Waals surface area (Å²) in [5.74, 6) is 0. The molecule has 0 saturated carbocycles. The number of methoxy groups -OCH3 is 2. The highest BCUT2D eigenvalue weighted by molar-refractivity contribution is 5.04. The lowest BCUT2D eigenvalue weighted by Gasteiger charge is -2.28. The van der Waals surface area contributed by atoms with E-state index in [4.69, 9.17) is 9.47 Å². The lowest BCUT2D eigenvalue weighted by Crippen LogP contribution is -2.45. The molecule has 0 fully saturated rings. The van der Waals surface area contributed by atoms with E-state index in [2.05, 4.69) is 30.1 Å². The van der Waals surface area contributed by atoms with Crippen LogP contribution in [0.4, 0.5) is 0 Å². The largest absolute Gasteiger partial charge is 0.385 e. The molecule has 0 aromatic rings. The van der Waals surface area contributed by atoms with Gasteiger partial charge in [0, 0.05) is 40.0 Å². The minimum Gasteiger partial charge on any atom is -0.385 e. The van der Waals surface area contributed by atoms with Crippen LogP contribution in [0.1, 0.15) is 40.0 Å². The molecule has 0 aliphatic rings. The zero-order chi connectivity index (χ0) is 16.1. The van der Waals surface area contributed by atoms with Crippen molar-refractivity contribution in [1.29, 1.82) is 5.26 Å². The summed E-state index contributed by atoms with van der Waals surface area (Å²) < 4.78 is 10.3. The van der Waals surface area contributed by atoms with Crippen LogP contribution in [0.15, 0.2) is 0 Å². The molecule has 0 aliphatic carbocycles. The summed E-state index contributed by atoms with van der Waals surface area (Å²) in [6.07, 6.45) is 2.88. The molecule has 21 heavy (non-hydrogen) atoms. The minimum absolute atomic E-state index is 0.320. The number of nitrogens with one attached hydrogen (secondary N) is 1. The molecule has 0 spiro atoms. The van der Waals surface area contributed by atoms with Crippen LogP contribution < -0.4 is 5.32 Å². The van der Waals surface area contributed by atoms with Crippen LogP contribution >= 0.6 is 0 Å². The Morgan fingerprint density at radius 1 is 1.10 bits per heavy atom. The number of nitrogens with zero attached hydrogens (tertiary/aromatic N) is 2. The van der Waals surface area contributed by atoms with Gasteiger partial charge < -0.3 is 14.4 Å². The van der Waals surface area contributed by atoms with Crippen molar-refractivity contribution in [3.8, 4) is 6.07 Å². The van der Waals surface area contributed by atoms with Gasteiger partial charge in [-0.3, -0.25) is 5.32 Å². The Kier molecular flexibility index (Phi) is 11.6. The van der Waals surface area contributed by atoms with Crippen LogP contribution in [-0.4, -0.2) is 63.5 Å². The molecule has 124 valence electrons. The van der Waals surface area contributed by atoms with E-state index in [0.29, 0.717) is 6.04 Å². The average Bonchev–Trinajstić information content (AvgIpc) is 2.43. The first kappa shape index (κ1) is 20.3. The Bertz CT molecular complexity index is 292. The third-order valence-electron chi connectivity index (χ3n) is 3.44. The van der Waals surface area contributed by atoms with Gasteiger partial charge in [-0.15, -0.1) is 0 Å². The molecule has 0 aromatic carbocycles. The molecule has 5 nitrogen and oxygen atoms in total. The smallest absolute Gasteiger partial charge is 0.104 e. The Labute approximate surface area is 130 Å². The molecular formula is C16H33N3O2. The van der Waals surface area contributed by atoms with Crippen molar-refractivity contribution in [2.24, 2.45) is 0 Å². The van der Waals surface area contributed by atoms with E-state index in [-0.39, 0.29) is 0 Å². The molecular weight excluding hydrogens is 266 g/mol. The van der Waals surface area contributed by atoms with Gasteiger partial charge in [0.05, 0.1) is 12.7 Å². The van der Waals surface area contributed by atoms with Crippen LogP contribution in [0.3, 0.4) is 0 Å². The van der Waals surface area contributed by atoms with Gasteiger partial charge in [0.25, 0.3) is 0 Å². The Balaban J connectivity index is 4.16. The summed E-state index contributed by atoms with van der Waals surface area (Å²) in [7, 11) is 3.46. The first-order chi connectivity index (χ1) is 9.97. The number of nitriles is 1. The fourth-order valence-electron chi connectivity index (χ4n) is 2.44. The average molecular weight is 299 g/mol. The molecule has 1 N–H and O–H groups in total. The zero-order valence-corrected chi connectivity index (χ0v) is 14.4. The van der Waals surface area contributed by atoms with Gasteiger partial charge in [0.2, 0.25) is 0 Å². The number of hydrogen-bond acceptors (Lipinski definition) is 5. The highest BCUT2D eigenvalue weighted by Crippen LogP contribution is 2.13. The molecule has 0 rings (SSSR count). The number of ether oxygens (including phenoxy) is 2. The van der Waals surface area contributed by atoms with Gasteiger partial charge in [-0.2, -0.15) is 5.26 Å². The minimum atomic E-state index is -0.437. The maximum absolute atomic E-state index is 9.35. The van der Waals surface area contributed by atoms with Crippen molar-refractivity contribution in [3.05, 3.63) is 0 Å². The quantitative estimate of drug-likeness (QED) is 0.527. The lowest BCUT2D eigenvalue weighted by atomic mass is 9.96. The topological polar surface area (TPSA) is 57.5 Å². The maximum atomic E-state index is 9.35. The summed E-state index contributed by atoms with van der Waals surface area (Å²) in [6, 6.07) is 2.72. The predicted molar refractivity (Wildman–Crippen MR) is 86.3 cm³/mol. The SMILES string of the molecule is COCCCN(CCCC(C)(C#N)NC(C)C)CCOC. The normalized spacial score (nSPS) is 14.4.